The summed E-state index contributed by atoms with van der Waals surface area (Å²) >= 11 is 13.7. The summed E-state index contributed by atoms with van der Waals surface area (Å²) < 4.78 is 5.77. The molecule has 1 aliphatic rings. The molecule has 0 spiro atoms. The van der Waals surface area contributed by atoms with Crippen molar-refractivity contribution in [3.63, 3.8) is 0 Å². The quantitative estimate of drug-likeness (QED) is 0.316. The number of nitrogens with one attached hydrogen (secondary N) is 1. The molecule has 2 aromatic heterocycles. The van der Waals surface area contributed by atoms with Gasteiger partial charge in [-0.1, -0.05) is 64.8 Å². The third-order valence-electron chi connectivity index (χ3n) is 5.64. The second-order valence-corrected chi connectivity index (χ2v) is 9.68. The summed E-state index contributed by atoms with van der Waals surface area (Å²) in [6.45, 7) is 4.76. The third-order valence-corrected chi connectivity index (χ3v) is 7.08. The number of allylic oxidation sites excluding steroid dienone is 1. The SMILES string of the molecule is CC1=C(c2nc(-c3cccs3)no2)C(c2cccc(Cl)c2)NC(=S)N1Cc1ccc(C)cc1. The van der Waals surface area contributed by atoms with Crippen LogP contribution >= 0.6 is 35.2 Å². The maximum absolute atomic E-state index is 6.31. The fourth-order valence-electron chi connectivity index (χ4n) is 3.90. The monoisotopic (exact) mass is 492 g/mol. The van der Waals surface area contributed by atoms with Gasteiger partial charge < -0.3 is 14.7 Å². The minimum Gasteiger partial charge on any atom is -0.351 e. The molecule has 1 atom stereocenters. The Morgan fingerprint density at radius 1 is 1.12 bits per heavy atom. The van der Waals surface area contributed by atoms with Crippen molar-refractivity contribution in [2.45, 2.75) is 26.4 Å². The van der Waals surface area contributed by atoms with Gasteiger partial charge in [0, 0.05) is 17.3 Å². The first kappa shape index (κ1) is 21.8. The molecule has 0 aliphatic carbocycles. The van der Waals surface area contributed by atoms with Crippen LogP contribution in [-0.4, -0.2) is 20.2 Å². The van der Waals surface area contributed by atoms with Crippen LogP contribution in [0, 0.1) is 6.92 Å². The van der Waals surface area contributed by atoms with Crippen molar-refractivity contribution in [2.75, 3.05) is 0 Å². The van der Waals surface area contributed by atoms with Gasteiger partial charge in [-0.15, -0.1) is 11.3 Å². The summed E-state index contributed by atoms with van der Waals surface area (Å²) in [5, 5.41) is 11.0. The highest BCUT2D eigenvalue weighted by molar-refractivity contribution is 7.80. The molecule has 0 amide bonds. The molecule has 1 N–H and O–H groups in total. The zero-order valence-electron chi connectivity index (χ0n) is 18.1. The Hall–Kier alpha value is -3.00. The predicted molar refractivity (Wildman–Crippen MR) is 137 cm³/mol. The zero-order chi connectivity index (χ0) is 22.9. The highest BCUT2D eigenvalue weighted by Gasteiger charge is 2.34. The Bertz CT molecular complexity index is 1330. The van der Waals surface area contributed by atoms with Gasteiger partial charge in [0.05, 0.1) is 16.5 Å². The first-order chi connectivity index (χ1) is 16.0. The second kappa shape index (κ2) is 9.09. The largest absolute Gasteiger partial charge is 0.351 e. The van der Waals surface area contributed by atoms with E-state index in [0.29, 0.717) is 28.4 Å². The number of hydrogen-bond donors (Lipinski definition) is 1. The average molecular weight is 493 g/mol. The first-order valence-electron chi connectivity index (χ1n) is 10.5. The normalized spacial score (nSPS) is 16.3. The molecule has 0 radical (unpaired) electrons. The summed E-state index contributed by atoms with van der Waals surface area (Å²) in [4.78, 5) is 7.77. The highest BCUT2D eigenvalue weighted by atomic mass is 35.5. The van der Waals surface area contributed by atoms with Crippen molar-refractivity contribution in [3.05, 3.63) is 99.3 Å². The van der Waals surface area contributed by atoms with Gasteiger partial charge in [0.1, 0.15) is 0 Å². The van der Waals surface area contributed by atoms with Crippen LogP contribution in [0.15, 0.2) is 76.3 Å². The number of benzene rings is 2. The molecule has 3 heterocycles. The van der Waals surface area contributed by atoms with Gasteiger partial charge >= 0.3 is 0 Å². The molecular weight excluding hydrogens is 472 g/mol. The van der Waals surface area contributed by atoms with Crippen LogP contribution in [0.2, 0.25) is 5.02 Å². The fourth-order valence-corrected chi connectivity index (χ4v) is 5.07. The van der Waals surface area contributed by atoms with Crippen LogP contribution < -0.4 is 5.32 Å². The molecule has 166 valence electrons. The number of aromatic nitrogens is 2. The van der Waals surface area contributed by atoms with Crippen molar-refractivity contribution in [1.82, 2.24) is 20.4 Å². The van der Waals surface area contributed by atoms with Gasteiger partial charge in [0.25, 0.3) is 5.89 Å². The minimum atomic E-state index is -0.262. The van der Waals surface area contributed by atoms with Crippen molar-refractivity contribution in [3.8, 4) is 10.7 Å². The van der Waals surface area contributed by atoms with E-state index in [4.69, 9.17) is 33.3 Å². The molecule has 2 aromatic carbocycles. The number of aryl methyl sites for hydroxylation is 1. The van der Waals surface area contributed by atoms with Crippen molar-refractivity contribution < 1.29 is 4.52 Å². The highest BCUT2D eigenvalue weighted by Crippen LogP contribution is 2.38. The van der Waals surface area contributed by atoms with Crippen molar-refractivity contribution in [2.24, 2.45) is 0 Å². The number of thiocarbonyl (C=S) groups is 1. The van der Waals surface area contributed by atoms with E-state index in [-0.39, 0.29) is 6.04 Å². The van der Waals surface area contributed by atoms with E-state index in [1.54, 1.807) is 11.3 Å². The van der Waals surface area contributed by atoms with Crippen LogP contribution in [0.4, 0.5) is 0 Å². The molecule has 0 fully saturated rings. The van der Waals surface area contributed by atoms with Crippen LogP contribution in [0.25, 0.3) is 16.3 Å². The third kappa shape index (κ3) is 4.44. The van der Waals surface area contributed by atoms with Crippen LogP contribution in [-0.2, 0) is 6.54 Å². The smallest absolute Gasteiger partial charge is 0.258 e. The van der Waals surface area contributed by atoms with E-state index in [1.165, 1.54) is 5.56 Å². The second-order valence-electron chi connectivity index (χ2n) is 7.91. The number of hydrogen-bond acceptors (Lipinski definition) is 5. The van der Waals surface area contributed by atoms with E-state index in [0.717, 1.165) is 27.3 Å². The van der Waals surface area contributed by atoms with Crippen LogP contribution in [0.1, 0.15) is 35.5 Å². The molecule has 5 nitrogen and oxygen atoms in total. The Balaban J connectivity index is 1.60. The lowest BCUT2D eigenvalue weighted by atomic mass is 9.94. The Labute approximate surface area is 206 Å². The summed E-state index contributed by atoms with van der Waals surface area (Å²) in [5.41, 5.74) is 5.21. The Morgan fingerprint density at radius 2 is 1.94 bits per heavy atom. The molecule has 0 saturated heterocycles. The van der Waals surface area contributed by atoms with E-state index in [9.17, 15) is 0 Å². The van der Waals surface area contributed by atoms with E-state index < -0.39 is 0 Å². The van der Waals surface area contributed by atoms with Crippen molar-refractivity contribution in [1.29, 1.82) is 0 Å². The van der Waals surface area contributed by atoms with Gasteiger partial charge in [0.2, 0.25) is 5.82 Å². The summed E-state index contributed by atoms with van der Waals surface area (Å²) in [7, 11) is 0. The summed E-state index contributed by atoms with van der Waals surface area (Å²) in [6.07, 6.45) is 0. The number of thiophene rings is 1. The molecule has 1 aliphatic heterocycles. The predicted octanol–water partition coefficient (Wildman–Crippen LogP) is 6.62. The van der Waals surface area contributed by atoms with Gasteiger partial charge in [-0.05, 0) is 60.8 Å². The lowest BCUT2D eigenvalue weighted by Gasteiger charge is -2.37. The maximum atomic E-state index is 6.31. The maximum Gasteiger partial charge on any atom is 0.258 e. The average Bonchev–Trinajstić information content (AvgIpc) is 3.50. The lowest BCUT2D eigenvalue weighted by molar-refractivity contribution is 0.396. The molecule has 0 saturated carbocycles. The van der Waals surface area contributed by atoms with Gasteiger partial charge in [0.15, 0.2) is 5.11 Å². The minimum absolute atomic E-state index is 0.262. The number of rotatable bonds is 5. The molecule has 0 bridgehead atoms. The topological polar surface area (TPSA) is 54.2 Å². The van der Waals surface area contributed by atoms with Gasteiger partial charge in [-0.25, -0.2) is 0 Å². The molecule has 1 unspecified atom stereocenters. The zero-order valence-corrected chi connectivity index (χ0v) is 20.5. The van der Waals surface area contributed by atoms with E-state index in [2.05, 4.69) is 46.6 Å². The fraction of sp³-hybridized carbons (Fsp3) is 0.160. The van der Waals surface area contributed by atoms with Crippen LogP contribution in [0.5, 0.6) is 0 Å². The van der Waals surface area contributed by atoms with Gasteiger partial charge in [-0.3, -0.25) is 0 Å². The Kier molecular flexibility index (Phi) is 6.01. The number of nitrogens with zero attached hydrogens (tertiary/aromatic N) is 3. The molecule has 33 heavy (non-hydrogen) atoms. The standard InChI is InChI=1S/C25H21ClN4OS2/c1-15-8-10-17(11-9-15)14-30-16(2)21(24-28-23(29-31-24)20-7-4-12-33-20)22(27-25(30)32)18-5-3-6-19(26)13-18/h3-13,22H,14H2,1-2H3,(H,27,32). The van der Waals surface area contributed by atoms with E-state index in [1.807, 2.05) is 48.7 Å². The Morgan fingerprint density at radius 3 is 2.67 bits per heavy atom. The summed E-state index contributed by atoms with van der Waals surface area (Å²) in [5.74, 6) is 1.04. The van der Waals surface area contributed by atoms with Crippen LogP contribution in [0.3, 0.4) is 0 Å². The molecule has 4 aromatic rings. The lowest BCUT2D eigenvalue weighted by Crippen LogP contribution is -2.45. The van der Waals surface area contributed by atoms with Gasteiger partial charge in [-0.2, -0.15) is 4.98 Å². The van der Waals surface area contributed by atoms with E-state index >= 15 is 0 Å². The molecule has 5 rings (SSSR count). The molecular formula is C25H21ClN4OS2. The molecule has 8 heteroatoms. The number of halogens is 1. The van der Waals surface area contributed by atoms with Crippen molar-refractivity contribution >= 4 is 45.8 Å². The first-order valence-corrected chi connectivity index (χ1v) is 12.1. The summed E-state index contributed by atoms with van der Waals surface area (Å²) in [6, 6.07) is 19.9.